The molecule has 0 amide bonds. The Kier molecular flexibility index (Phi) is 1.83. The molecule has 0 bridgehead atoms. The van der Waals surface area contributed by atoms with Gasteiger partial charge in [0.05, 0.1) is 0 Å². The molecule has 0 unspecified atom stereocenters. The first-order chi connectivity index (χ1) is 6.20. The average molecular weight is 174 g/mol. The first-order valence-corrected chi connectivity index (χ1v) is 4.59. The zero-order valence-electron chi connectivity index (χ0n) is 7.88. The summed E-state index contributed by atoms with van der Waals surface area (Å²) in [7, 11) is 0. The second-order valence-electron chi connectivity index (χ2n) is 3.72. The van der Waals surface area contributed by atoms with Crippen LogP contribution in [0.25, 0.3) is 5.70 Å². The van der Waals surface area contributed by atoms with Gasteiger partial charge in [-0.2, -0.15) is 0 Å². The molecular formula is C11H14N2. The van der Waals surface area contributed by atoms with Gasteiger partial charge in [0.25, 0.3) is 0 Å². The molecule has 1 aromatic rings. The maximum atomic E-state index is 5.76. The van der Waals surface area contributed by atoms with E-state index in [2.05, 4.69) is 11.6 Å². The van der Waals surface area contributed by atoms with Crippen LogP contribution in [-0.4, -0.2) is 4.98 Å². The zero-order valence-corrected chi connectivity index (χ0v) is 7.88. The van der Waals surface area contributed by atoms with Crippen LogP contribution in [0.4, 0.5) is 0 Å². The van der Waals surface area contributed by atoms with Gasteiger partial charge in [-0.15, -0.1) is 0 Å². The number of nitrogens with two attached hydrogens (primary N) is 1. The molecule has 2 N–H and O–H groups in total. The maximum Gasteiger partial charge on any atom is 0.0321 e. The lowest BCUT2D eigenvalue weighted by molar-refractivity contribution is 1.06. The minimum Gasteiger partial charge on any atom is -0.399 e. The normalized spacial score (nSPS) is 15.8. The van der Waals surface area contributed by atoms with E-state index in [-0.39, 0.29) is 0 Å². The van der Waals surface area contributed by atoms with Gasteiger partial charge in [-0.1, -0.05) is 6.58 Å². The third kappa shape index (κ3) is 1.44. The van der Waals surface area contributed by atoms with Crippen LogP contribution < -0.4 is 5.73 Å². The Hall–Kier alpha value is -1.31. The summed E-state index contributed by atoms with van der Waals surface area (Å²) in [6.07, 6.45) is 6.31. The highest BCUT2D eigenvalue weighted by molar-refractivity contribution is 5.67. The average Bonchev–Trinajstić information content (AvgIpc) is 2.85. The van der Waals surface area contributed by atoms with E-state index in [9.17, 15) is 0 Å². The second kappa shape index (κ2) is 2.87. The van der Waals surface area contributed by atoms with Crippen LogP contribution in [-0.2, 0) is 0 Å². The minimum absolute atomic E-state index is 0.668. The van der Waals surface area contributed by atoms with E-state index in [0.29, 0.717) is 11.6 Å². The Morgan fingerprint density at radius 2 is 2.23 bits per heavy atom. The van der Waals surface area contributed by atoms with Gasteiger partial charge in [0.15, 0.2) is 0 Å². The summed E-state index contributed by atoms with van der Waals surface area (Å²) >= 11 is 0. The zero-order chi connectivity index (χ0) is 9.42. The van der Waals surface area contributed by atoms with Crippen molar-refractivity contribution in [3.8, 4) is 0 Å². The minimum atomic E-state index is 0.668. The molecule has 1 aliphatic rings. The van der Waals surface area contributed by atoms with E-state index in [0.717, 1.165) is 11.1 Å². The molecule has 0 atom stereocenters. The van der Waals surface area contributed by atoms with Crippen molar-refractivity contribution in [2.24, 2.45) is 5.73 Å². The Morgan fingerprint density at radius 3 is 2.77 bits per heavy atom. The van der Waals surface area contributed by atoms with E-state index in [4.69, 9.17) is 5.73 Å². The fraction of sp³-hybridized carbons (Fsp3) is 0.364. The Balaban J connectivity index is 2.53. The molecule has 1 heterocycles. The quantitative estimate of drug-likeness (QED) is 0.746. The van der Waals surface area contributed by atoms with E-state index < -0.39 is 0 Å². The fourth-order valence-electron chi connectivity index (χ4n) is 1.73. The third-order valence-electron chi connectivity index (χ3n) is 2.50. The lowest BCUT2D eigenvalue weighted by Gasteiger charge is -2.10. The standard InChI is InChI=1S/C11H14N2/c1-7-5-13-6-10(9-3-4-9)11(7)8(2)12/h5-6,9H,2-4,12H2,1H3. The van der Waals surface area contributed by atoms with Crippen LogP contribution >= 0.6 is 0 Å². The Morgan fingerprint density at radius 1 is 1.54 bits per heavy atom. The fourth-order valence-corrected chi connectivity index (χ4v) is 1.73. The van der Waals surface area contributed by atoms with Crippen molar-refractivity contribution in [3.63, 3.8) is 0 Å². The van der Waals surface area contributed by atoms with E-state index >= 15 is 0 Å². The highest BCUT2D eigenvalue weighted by Crippen LogP contribution is 2.42. The van der Waals surface area contributed by atoms with Crippen LogP contribution in [0.5, 0.6) is 0 Å². The van der Waals surface area contributed by atoms with Gasteiger partial charge in [0, 0.05) is 23.7 Å². The van der Waals surface area contributed by atoms with Crippen LogP contribution in [0.15, 0.2) is 19.0 Å². The van der Waals surface area contributed by atoms with E-state index in [1.54, 1.807) is 0 Å². The largest absolute Gasteiger partial charge is 0.399 e. The smallest absolute Gasteiger partial charge is 0.0321 e. The highest BCUT2D eigenvalue weighted by Gasteiger charge is 2.27. The van der Waals surface area contributed by atoms with E-state index in [1.807, 2.05) is 19.3 Å². The summed E-state index contributed by atoms with van der Waals surface area (Å²) in [6.45, 7) is 5.84. The summed E-state index contributed by atoms with van der Waals surface area (Å²) in [5.41, 5.74) is 9.97. The molecule has 0 aliphatic heterocycles. The highest BCUT2D eigenvalue weighted by atomic mass is 14.7. The van der Waals surface area contributed by atoms with Crippen molar-refractivity contribution in [1.82, 2.24) is 4.98 Å². The summed E-state index contributed by atoms with van der Waals surface area (Å²) in [4.78, 5) is 4.19. The van der Waals surface area contributed by atoms with Gasteiger partial charge in [-0.3, -0.25) is 4.98 Å². The topological polar surface area (TPSA) is 38.9 Å². The molecule has 68 valence electrons. The third-order valence-corrected chi connectivity index (χ3v) is 2.50. The molecule has 0 radical (unpaired) electrons. The predicted molar refractivity (Wildman–Crippen MR) is 54.2 cm³/mol. The molecular weight excluding hydrogens is 160 g/mol. The number of pyridine rings is 1. The van der Waals surface area contributed by atoms with Crippen molar-refractivity contribution >= 4 is 5.70 Å². The van der Waals surface area contributed by atoms with Gasteiger partial charge in [0.1, 0.15) is 0 Å². The molecule has 2 heteroatoms. The number of aromatic nitrogens is 1. The summed E-state index contributed by atoms with van der Waals surface area (Å²) < 4.78 is 0. The first kappa shape index (κ1) is 8.30. The SMILES string of the molecule is C=C(N)c1c(C)cncc1C1CC1. The van der Waals surface area contributed by atoms with Crippen LogP contribution in [0.2, 0.25) is 0 Å². The van der Waals surface area contributed by atoms with Gasteiger partial charge in [-0.05, 0) is 36.8 Å². The van der Waals surface area contributed by atoms with Crippen molar-refractivity contribution < 1.29 is 0 Å². The van der Waals surface area contributed by atoms with Crippen molar-refractivity contribution in [3.05, 3.63) is 35.7 Å². The Bertz CT molecular complexity index is 351. The molecule has 1 fully saturated rings. The molecule has 2 nitrogen and oxygen atoms in total. The van der Waals surface area contributed by atoms with Crippen LogP contribution in [0.1, 0.15) is 35.4 Å². The van der Waals surface area contributed by atoms with Gasteiger partial charge >= 0.3 is 0 Å². The molecule has 0 spiro atoms. The number of hydrogen-bond acceptors (Lipinski definition) is 2. The van der Waals surface area contributed by atoms with Crippen molar-refractivity contribution in [1.29, 1.82) is 0 Å². The lowest BCUT2D eigenvalue weighted by Crippen LogP contribution is -2.02. The van der Waals surface area contributed by atoms with Gasteiger partial charge < -0.3 is 5.73 Å². The molecule has 1 aromatic heterocycles. The predicted octanol–water partition coefficient (Wildman–Crippen LogP) is 2.20. The first-order valence-electron chi connectivity index (χ1n) is 4.59. The van der Waals surface area contributed by atoms with Gasteiger partial charge in [0.2, 0.25) is 0 Å². The number of aryl methyl sites for hydroxylation is 1. The molecule has 0 aromatic carbocycles. The number of hydrogen-bond donors (Lipinski definition) is 1. The van der Waals surface area contributed by atoms with Crippen LogP contribution in [0, 0.1) is 6.92 Å². The van der Waals surface area contributed by atoms with Crippen molar-refractivity contribution in [2.45, 2.75) is 25.7 Å². The molecule has 2 rings (SSSR count). The number of rotatable bonds is 2. The summed E-state index contributed by atoms with van der Waals surface area (Å²) in [5, 5.41) is 0. The monoisotopic (exact) mass is 174 g/mol. The molecule has 13 heavy (non-hydrogen) atoms. The van der Waals surface area contributed by atoms with Crippen molar-refractivity contribution in [2.75, 3.05) is 0 Å². The summed E-state index contributed by atoms with van der Waals surface area (Å²) in [6, 6.07) is 0. The van der Waals surface area contributed by atoms with E-state index in [1.165, 1.54) is 18.4 Å². The van der Waals surface area contributed by atoms with Gasteiger partial charge in [-0.25, -0.2) is 0 Å². The maximum absolute atomic E-state index is 5.76. The Labute approximate surface area is 78.5 Å². The van der Waals surface area contributed by atoms with Crippen LogP contribution in [0.3, 0.4) is 0 Å². The molecule has 1 aliphatic carbocycles. The number of nitrogens with zero attached hydrogens (tertiary/aromatic N) is 1. The lowest BCUT2D eigenvalue weighted by atomic mass is 10.00. The molecule has 1 saturated carbocycles. The summed E-state index contributed by atoms with van der Waals surface area (Å²) in [5.74, 6) is 0.683. The second-order valence-corrected chi connectivity index (χ2v) is 3.72. The molecule has 0 saturated heterocycles.